The van der Waals surface area contributed by atoms with E-state index >= 15 is 0 Å². The van der Waals surface area contributed by atoms with E-state index in [4.69, 9.17) is 16.3 Å². The summed E-state index contributed by atoms with van der Waals surface area (Å²) in [5.41, 5.74) is 2.26. The number of ether oxygens (including phenoxy) is 1. The Morgan fingerprint density at radius 3 is 2.76 bits per heavy atom. The van der Waals surface area contributed by atoms with Gasteiger partial charge in [0, 0.05) is 29.2 Å². The number of carbonyl (C=O) groups is 2. The second-order valence-corrected chi connectivity index (χ2v) is 7.13. The molecule has 1 aliphatic rings. The Labute approximate surface area is 171 Å². The Morgan fingerprint density at radius 2 is 2.07 bits per heavy atom. The van der Waals surface area contributed by atoms with Crippen molar-refractivity contribution in [2.75, 3.05) is 12.4 Å². The van der Waals surface area contributed by atoms with Gasteiger partial charge in [-0.15, -0.1) is 0 Å². The summed E-state index contributed by atoms with van der Waals surface area (Å²) in [6, 6.07) is 11.9. The number of amides is 1. The summed E-state index contributed by atoms with van der Waals surface area (Å²) in [7, 11) is 1.44. The van der Waals surface area contributed by atoms with Crippen molar-refractivity contribution in [2.24, 2.45) is 0 Å². The zero-order valence-corrected chi connectivity index (χ0v) is 16.1. The number of fused-ring (bicyclic) bond motifs is 1. The molecule has 1 aromatic heterocycles. The summed E-state index contributed by atoms with van der Waals surface area (Å²) in [6.07, 6.45) is 1.60. The third-order valence-electron chi connectivity index (χ3n) is 4.95. The Balaban J connectivity index is 1.97. The van der Waals surface area contributed by atoms with E-state index in [1.54, 1.807) is 34.9 Å². The average molecular weight is 413 g/mol. The highest BCUT2D eigenvalue weighted by molar-refractivity contribution is 6.30. The van der Waals surface area contributed by atoms with Gasteiger partial charge in [0.15, 0.2) is 11.5 Å². The summed E-state index contributed by atoms with van der Waals surface area (Å²) in [5, 5.41) is 22.8. The number of aromatic hydroxyl groups is 1. The molecule has 3 N–H and O–H groups in total. The maximum absolute atomic E-state index is 12.4. The maximum Gasteiger partial charge on any atom is 0.339 e. The van der Waals surface area contributed by atoms with Crippen LogP contribution in [0.4, 0.5) is 5.69 Å². The van der Waals surface area contributed by atoms with Crippen molar-refractivity contribution in [3.63, 3.8) is 0 Å². The molecule has 0 unspecified atom stereocenters. The number of anilines is 1. The van der Waals surface area contributed by atoms with E-state index in [1.807, 2.05) is 6.07 Å². The van der Waals surface area contributed by atoms with Crippen LogP contribution >= 0.6 is 11.6 Å². The zero-order valence-electron chi connectivity index (χ0n) is 15.3. The third kappa shape index (κ3) is 3.30. The summed E-state index contributed by atoms with van der Waals surface area (Å²) in [4.78, 5) is 24.2. The molecular weight excluding hydrogens is 396 g/mol. The lowest BCUT2D eigenvalue weighted by atomic mass is 9.88. The van der Waals surface area contributed by atoms with Crippen LogP contribution in [0.1, 0.15) is 34.0 Å². The van der Waals surface area contributed by atoms with Crippen LogP contribution in [0.15, 0.2) is 48.7 Å². The van der Waals surface area contributed by atoms with Gasteiger partial charge in [0.2, 0.25) is 5.91 Å². The number of halogens is 1. The molecule has 29 heavy (non-hydrogen) atoms. The predicted molar refractivity (Wildman–Crippen MR) is 107 cm³/mol. The fraction of sp³-hybridized carbons (Fsp3) is 0.143. The van der Waals surface area contributed by atoms with Gasteiger partial charge >= 0.3 is 5.97 Å². The fourth-order valence-corrected chi connectivity index (χ4v) is 3.84. The summed E-state index contributed by atoms with van der Waals surface area (Å²) < 4.78 is 6.93. The van der Waals surface area contributed by atoms with Gasteiger partial charge in [-0.05, 0) is 35.9 Å². The number of nitrogens with one attached hydrogen (secondary N) is 1. The molecule has 2 aromatic carbocycles. The van der Waals surface area contributed by atoms with Gasteiger partial charge in [-0.25, -0.2) is 4.79 Å². The Kier molecular flexibility index (Phi) is 4.68. The van der Waals surface area contributed by atoms with E-state index < -0.39 is 11.9 Å². The number of aromatic carboxylic acids is 1. The molecule has 0 spiro atoms. The van der Waals surface area contributed by atoms with Crippen LogP contribution in [0.5, 0.6) is 11.5 Å². The minimum Gasteiger partial charge on any atom is -0.504 e. The molecule has 0 radical (unpaired) electrons. The molecule has 7 nitrogen and oxygen atoms in total. The number of hydrogen-bond donors (Lipinski definition) is 3. The number of rotatable bonds is 4. The van der Waals surface area contributed by atoms with E-state index in [0.29, 0.717) is 22.0 Å². The number of aromatic nitrogens is 1. The van der Waals surface area contributed by atoms with E-state index in [1.165, 1.54) is 19.4 Å². The molecule has 148 valence electrons. The van der Waals surface area contributed by atoms with E-state index in [-0.39, 0.29) is 35.1 Å². The van der Waals surface area contributed by atoms with E-state index in [0.717, 1.165) is 0 Å². The van der Waals surface area contributed by atoms with Crippen molar-refractivity contribution in [1.29, 1.82) is 0 Å². The highest BCUT2D eigenvalue weighted by Crippen LogP contribution is 2.43. The lowest BCUT2D eigenvalue weighted by Gasteiger charge is -2.26. The lowest BCUT2D eigenvalue weighted by Crippen LogP contribution is -2.25. The summed E-state index contributed by atoms with van der Waals surface area (Å²) in [5.74, 6) is -1.63. The van der Waals surface area contributed by atoms with E-state index in [2.05, 4.69) is 5.32 Å². The van der Waals surface area contributed by atoms with Crippen molar-refractivity contribution < 1.29 is 24.5 Å². The van der Waals surface area contributed by atoms with Gasteiger partial charge in [0.05, 0.1) is 18.5 Å². The van der Waals surface area contributed by atoms with Crippen molar-refractivity contribution >= 4 is 29.2 Å². The second-order valence-electron chi connectivity index (χ2n) is 6.69. The SMILES string of the molecule is COc1cc([C@H]2CC(=O)Nc3c(C(=O)O)cn(-c4cccc(Cl)c4)c32)ccc1O. The molecule has 0 bridgehead atoms. The van der Waals surface area contributed by atoms with Crippen LogP contribution in [0.3, 0.4) is 0 Å². The van der Waals surface area contributed by atoms with Crippen LogP contribution < -0.4 is 10.1 Å². The van der Waals surface area contributed by atoms with Crippen LogP contribution in [0.25, 0.3) is 5.69 Å². The number of carboxylic acids is 1. The molecule has 4 rings (SSSR count). The van der Waals surface area contributed by atoms with Gasteiger partial charge in [-0.2, -0.15) is 0 Å². The number of nitrogens with zero attached hydrogens (tertiary/aromatic N) is 1. The monoisotopic (exact) mass is 412 g/mol. The molecule has 2 heterocycles. The molecule has 3 aromatic rings. The Morgan fingerprint density at radius 1 is 1.28 bits per heavy atom. The molecular formula is C21H17ClN2O5. The number of phenols is 1. The largest absolute Gasteiger partial charge is 0.504 e. The van der Waals surface area contributed by atoms with Crippen molar-refractivity contribution in [2.45, 2.75) is 12.3 Å². The van der Waals surface area contributed by atoms with Crippen molar-refractivity contribution in [3.8, 4) is 17.2 Å². The van der Waals surface area contributed by atoms with E-state index in [9.17, 15) is 19.8 Å². The first-order chi connectivity index (χ1) is 13.9. The van der Waals surface area contributed by atoms with Gasteiger partial charge < -0.3 is 24.8 Å². The smallest absolute Gasteiger partial charge is 0.339 e. The van der Waals surface area contributed by atoms with Crippen LogP contribution in [0, 0.1) is 0 Å². The molecule has 1 atom stereocenters. The zero-order chi connectivity index (χ0) is 20.7. The highest BCUT2D eigenvalue weighted by Gasteiger charge is 2.34. The maximum atomic E-state index is 12.4. The molecule has 0 saturated carbocycles. The molecule has 1 aliphatic heterocycles. The minimum absolute atomic E-state index is 0.0104. The standard InChI is InChI=1S/C21H17ClN2O5/c1-29-17-7-11(5-6-16(17)25)14-9-18(26)23-19-15(21(27)28)10-24(20(14)19)13-4-2-3-12(22)8-13/h2-8,10,14,25H,9H2,1H3,(H,23,26)(H,27,28)/t14-/m1/s1. The first-order valence-electron chi connectivity index (χ1n) is 8.80. The number of benzene rings is 2. The lowest BCUT2D eigenvalue weighted by molar-refractivity contribution is -0.116. The molecule has 1 amide bonds. The first-order valence-corrected chi connectivity index (χ1v) is 9.18. The number of carbonyl (C=O) groups excluding carboxylic acids is 1. The number of phenolic OH excluding ortho intramolecular Hbond substituents is 1. The third-order valence-corrected chi connectivity index (χ3v) is 5.19. The minimum atomic E-state index is -1.15. The highest BCUT2D eigenvalue weighted by atomic mass is 35.5. The van der Waals surface area contributed by atoms with Crippen LogP contribution in [0.2, 0.25) is 5.02 Å². The number of hydrogen-bond acceptors (Lipinski definition) is 4. The Bertz CT molecular complexity index is 1140. The normalized spacial score (nSPS) is 15.5. The molecule has 0 aliphatic carbocycles. The molecule has 0 fully saturated rings. The second kappa shape index (κ2) is 7.18. The number of methoxy groups -OCH3 is 1. The van der Waals surface area contributed by atoms with Gasteiger partial charge in [0.1, 0.15) is 5.56 Å². The number of carboxylic acid groups (broad SMARTS) is 1. The first kappa shape index (κ1) is 18.9. The molecule has 0 saturated heterocycles. The fourth-order valence-electron chi connectivity index (χ4n) is 3.66. The van der Waals surface area contributed by atoms with Gasteiger partial charge in [-0.1, -0.05) is 23.7 Å². The van der Waals surface area contributed by atoms with Crippen molar-refractivity contribution in [1.82, 2.24) is 4.57 Å². The quantitative estimate of drug-likeness (QED) is 0.601. The predicted octanol–water partition coefficient (Wildman–Crippen LogP) is 4.02. The topological polar surface area (TPSA) is 101 Å². The summed E-state index contributed by atoms with van der Waals surface area (Å²) in [6.45, 7) is 0. The summed E-state index contributed by atoms with van der Waals surface area (Å²) >= 11 is 6.14. The Hall–Kier alpha value is -3.45. The van der Waals surface area contributed by atoms with Crippen LogP contribution in [-0.4, -0.2) is 33.8 Å². The molecule has 8 heteroatoms. The average Bonchev–Trinajstić information content (AvgIpc) is 3.07. The van der Waals surface area contributed by atoms with Crippen LogP contribution in [-0.2, 0) is 4.79 Å². The van der Waals surface area contributed by atoms with Gasteiger partial charge in [-0.3, -0.25) is 4.79 Å². The van der Waals surface area contributed by atoms with Gasteiger partial charge in [0.25, 0.3) is 0 Å². The van der Waals surface area contributed by atoms with Crippen molar-refractivity contribution in [3.05, 3.63) is 70.5 Å².